The Labute approximate surface area is 139 Å². The number of halogens is 1. The number of hydrogen-bond acceptors (Lipinski definition) is 4. The highest BCUT2D eigenvalue weighted by Gasteiger charge is 2.26. The molecule has 0 amide bonds. The lowest BCUT2D eigenvalue weighted by Crippen LogP contribution is -2.11. The Morgan fingerprint density at radius 2 is 1.74 bits per heavy atom. The lowest BCUT2D eigenvalue weighted by Gasteiger charge is -2.12. The zero-order chi connectivity index (χ0) is 16.0. The van der Waals surface area contributed by atoms with E-state index in [4.69, 9.17) is 22.3 Å². The summed E-state index contributed by atoms with van der Waals surface area (Å²) in [7, 11) is 0. The minimum absolute atomic E-state index is 0.488. The number of benzene rings is 1. The minimum Gasteiger partial charge on any atom is -0.384 e. The third-order valence-electron chi connectivity index (χ3n) is 4.18. The van der Waals surface area contributed by atoms with Crippen LogP contribution in [0.15, 0.2) is 52.0 Å². The third kappa shape index (κ3) is 2.35. The molecular formula is C18H15ClN4. The number of aliphatic imine (C=N–C) groups is 2. The van der Waals surface area contributed by atoms with Gasteiger partial charge in [-0.1, -0.05) is 23.7 Å². The fraction of sp³-hybridized carbons (Fsp3) is 0.167. The maximum absolute atomic E-state index is 6.01. The van der Waals surface area contributed by atoms with Crippen molar-refractivity contribution < 1.29 is 0 Å². The van der Waals surface area contributed by atoms with Crippen LogP contribution in [0.3, 0.4) is 0 Å². The van der Waals surface area contributed by atoms with E-state index in [1.165, 1.54) is 11.1 Å². The van der Waals surface area contributed by atoms with Crippen LogP contribution in [-0.2, 0) is 0 Å². The highest BCUT2D eigenvalue weighted by atomic mass is 35.5. The first-order chi connectivity index (χ1) is 11.1. The number of nitrogens with zero attached hydrogens (tertiary/aromatic N) is 3. The summed E-state index contributed by atoms with van der Waals surface area (Å²) in [6.45, 7) is 3.38. The number of fused-ring (bicyclic) bond motifs is 2. The Morgan fingerprint density at radius 1 is 1.00 bits per heavy atom. The van der Waals surface area contributed by atoms with Crippen molar-refractivity contribution in [2.45, 2.75) is 6.92 Å². The molecule has 0 unspecified atom stereocenters. The maximum atomic E-state index is 6.01. The van der Waals surface area contributed by atoms with Crippen LogP contribution in [0, 0.1) is 0 Å². The van der Waals surface area contributed by atoms with Gasteiger partial charge in [0, 0.05) is 27.4 Å². The Hall–Kier alpha value is -2.46. The van der Waals surface area contributed by atoms with Crippen molar-refractivity contribution in [3.63, 3.8) is 0 Å². The molecule has 1 aromatic heterocycles. The molecule has 0 bridgehead atoms. The van der Waals surface area contributed by atoms with Gasteiger partial charge in [-0.25, -0.2) is 4.98 Å². The molecule has 4 rings (SSSR count). The van der Waals surface area contributed by atoms with E-state index in [1.807, 2.05) is 43.3 Å². The zero-order valence-electron chi connectivity index (χ0n) is 12.7. The topological polar surface area (TPSA) is 63.6 Å². The maximum Gasteiger partial charge on any atom is 0.124 e. The first-order valence-corrected chi connectivity index (χ1v) is 7.82. The standard InChI is InChI=1S/C18H15ClN4/c1-10-16-12(8-21-10)9-22-17(11-2-4-13(19)5-3-11)18-14(16)6-7-15(20)23-18/h2-7H,8-9H2,1H3,(H2,20,23). The minimum atomic E-state index is 0.488. The van der Waals surface area contributed by atoms with Crippen LogP contribution < -0.4 is 5.73 Å². The van der Waals surface area contributed by atoms with Gasteiger partial charge in [0.2, 0.25) is 0 Å². The van der Waals surface area contributed by atoms with Crippen LogP contribution in [0.1, 0.15) is 23.7 Å². The summed E-state index contributed by atoms with van der Waals surface area (Å²) in [4.78, 5) is 13.9. The summed E-state index contributed by atoms with van der Waals surface area (Å²) in [6, 6.07) is 11.5. The quantitative estimate of drug-likeness (QED) is 0.874. The molecule has 2 aliphatic heterocycles. The molecule has 0 aliphatic carbocycles. The zero-order valence-corrected chi connectivity index (χ0v) is 13.4. The Kier molecular flexibility index (Phi) is 3.27. The van der Waals surface area contributed by atoms with Crippen LogP contribution in [0.4, 0.5) is 5.82 Å². The summed E-state index contributed by atoms with van der Waals surface area (Å²) >= 11 is 6.01. The van der Waals surface area contributed by atoms with Crippen molar-refractivity contribution in [2.75, 3.05) is 18.8 Å². The SMILES string of the molecule is CC1=NCC2=C1c1ccc(N)nc1C(c1ccc(Cl)cc1)=NC2. The number of rotatable bonds is 1. The second-order valence-corrected chi connectivity index (χ2v) is 6.12. The summed E-state index contributed by atoms with van der Waals surface area (Å²) in [5.74, 6) is 0.488. The normalized spacial score (nSPS) is 16.4. The van der Waals surface area contributed by atoms with Crippen LogP contribution >= 0.6 is 11.6 Å². The van der Waals surface area contributed by atoms with Crippen molar-refractivity contribution in [2.24, 2.45) is 9.98 Å². The van der Waals surface area contributed by atoms with E-state index < -0.39 is 0 Å². The van der Waals surface area contributed by atoms with Crippen LogP contribution in [0.2, 0.25) is 5.02 Å². The number of anilines is 1. The molecule has 2 aliphatic rings. The number of nitrogens with two attached hydrogens (primary N) is 1. The summed E-state index contributed by atoms with van der Waals surface area (Å²) in [5, 5.41) is 0.701. The van der Waals surface area contributed by atoms with E-state index in [0.717, 1.165) is 28.2 Å². The third-order valence-corrected chi connectivity index (χ3v) is 4.43. The summed E-state index contributed by atoms with van der Waals surface area (Å²) in [6.07, 6.45) is 0. The fourth-order valence-electron chi connectivity index (χ4n) is 3.08. The number of nitrogen functional groups attached to an aromatic ring is 1. The van der Waals surface area contributed by atoms with Gasteiger partial charge in [-0.2, -0.15) is 0 Å². The van der Waals surface area contributed by atoms with Gasteiger partial charge in [0.1, 0.15) is 5.82 Å². The average molecular weight is 323 g/mol. The second-order valence-electron chi connectivity index (χ2n) is 5.68. The Morgan fingerprint density at radius 3 is 2.52 bits per heavy atom. The van der Waals surface area contributed by atoms with E-state index in [0.29, 0.717) is 23.9 Å². The molecular weight excluding hydrogens is 308 g/mol. The second kappa shape index (κ2) is 5.32. The molecule has 2 N–H and O–H groups in total. The molecule has 114 valence electrons. The monoisotopic (exact) mass is 322 g/mol. The highest BCUT2D eigenvalue weighted by Crippen LogP contribution is 2.32. The van der Waals surface area contributed by atoms with Crippen LogP contribution in [-0.4, -0.2) is 29.5 Å². The predicted molar refractivity (Wildman–Crippen MR) is 95.5 cm³/mol. The van der Waals surface area contributed by atoms with Gasteiger partial charge < -0.3 is 5.73 Å². The summed E-state index contributed by atoms with van der Waals surface area (Å²) < 4.78 is 0. The van der Waals surface area contributed by atoms with Crippen molar-refractivity contribution >= 4 is 34.4 Å². The average Bonchev–Trinajstić information content (AvgIpc) is 2.82. The molecule has 0 spiro atoms. The first-order valence-electron chi connectivity index (χ1n) is 7.44. The van der Waals surface area contributed by atoms with Crippen LogP contribution in [0.5, 0.6) is 0 Å². The van der Waals surface area contributed by atoms with E-state index in [9.17, 15) is 0 Å². The molecule has 1 aromatic carbocycles. The first kappa shape index (κ1) is 14.2. The molecule has 0 radical (unpaired) electrons. The molecule has 3 heterocycles. The molecule has 5 heteroatoms. The van der Waals surface area contributed by atoms with Crippen molar-refractivity contribution in [3.8, 4) is 0 Å². The Bertz CT molecular complexity index is 892. The summed E-state index contributed by atoms with van der Waals surface area (Å²) in [5.41, 5.74) is 13.1. The van der Waals surface area contributed by atoms with E-state index >= 15 is 0 Å². The number of pyridine rings is 1. The Balaban J connectivity index is 1.94. The van der Waals surface area contributed by atoms with Gasteiger partial charge in [0.15, 0.2) is 0 Å². The van der Waals surface area contributed by atoms with Crippen LogP contribution in [0.25, 0.3) is 5.57 Å². The number of aromatic nitrogens is 1. The lowest BCUT2D eigenvalue weighted by molar-refractivity contribution is 1.07. The molecule has 4 nitrogen and oxygen atoms in total. The van der Waals surface area contributed by atoms with Gasteiger partial charge in [-0.15, -0.1) is 0 Å². The molecule has 0 atom stereocenters. The largest absolute Gasteiger partial charge is 0.384 e. The predicted octanol–water partition coefficient (Wildman–Crippen LogP) is 3.40. The molecule has 23 heavy (non-hydrogen) atoms. The van der Waals surface area contributed by atoms with Gasteiger partial charge in [-0.3, -0.25) is 9.98 Å². The van der Waals surface area contributed by atoms with Gasteiger partial charge in [0.25, 0.3) is 0 Å². The van der Waals surface area contributed by atoms with Crippen molar-refractivity contribution in [1.29, 1.82) is 0 Å². The number of allylic oxidation sites excluding steroid dienone is 1. The van der Waals surface area contributed by atoms with Gasteiger partial charge in [-0.05, 0) is 36.8 Å². The van der Waals surface area contributed by atoms with Gasteiger partial charge in [0.05, 0.1) is 24.5 Å². The smallest absolute Gasteiger partial charge is 0.124 e. The van der Waals surface area contributed by atoms with E-state index in [-0.39, 0.29) is 0 Å². The lowest BCUT2D eigenvalue weighted by atomic mass is 9.94. The van der Waals surface area contributed by atoms with Crippen molar-refractivity contribution in [1.82, 2.24) is 4.98 Å². The van der Waals surface area contributed by atoms with E-state index in [1.54, 1.807) is 0 Å². The number of hydrogen-bond donors (Lipinski definition) is 1. The van der Waals surface area contributed by atoms with Crippen molar-refractivity contribution in [3.05, 3.63) is 63.8 Å². The highest BCUT2D eigenvalue weighted by molar-refractivity contribution is 6.31. The molecule has 0 saturated heterocycles. The fourth-order valence-corrected chi connectivity index (χ4v) is 3.21. The molecule has 2 aromatic rings. The molecule has 0 saturated carbocycles. The van der Waals surface area contributed by atoms with E-state index in [2.05, 4.69) is 9.98 Å². The van der Waals surface area contributed by atoms with Gasteiger partial charge >= 0.3 is 0 Å². The molecule has 0 fully saturated rings.